The fourth-order valence-electron chi connectivity index (χ4n) is 2.72. The molecule has 0 N–H and O–H groups in total. The molecule has 0 aromatic heterocycles. The molecule has 0 aliphatic heterocycles. The Kier molecular flexibility index (Phi) is 6.67. The molecule has 0 heterocycles. The van der Waals surface area contributed by atoms with Crippen molar-refractivity contribution < 1.29 is 13.2 Å². The van der Waals surface area contributed by atoms with Crippen LogP contribution in [0.2, 0.25) is 5.02 Å². The van der Waals surface area contributed by atoms with E-state index in [-0.39, 0.29) is 18.9 Å². The maximum atomic E-state index is 12.7. The molecule has 2 rings (SSSR count). The van der Waals surface area contributed by atoms with E-state index < -0.39 is 10.0 Å². The van der Waals surface area contributed by atoms with Crippen LogP contribution in [0.4, 0.5) is 11.4 Å². The van der Waals surface area contributed by atoms with Crippen LogP contribution in [0.1, 0.15) is 18.9 Å². The van der Waals surface area contributed by atoms with E-state index in [4.69, 9.17) is 11.6 Å². The number of halogens is 1. The zero-order chi connectivity index (χ0) is 19.3. The molecule has 2 aromatic rings. The number of hydrogen-bond donors (Lipinski definition) is 0. The first-order chi connectivity index (χ1) is 12.2. The van der Waals surface area contributed by atoms with Gasteiger partial charge in [-0.3, -0.25) is 9.10 Å². The SMILES string of the molecule is CCN(C(=O)CCN(c1ccc(Cl)cc1)S(C)(=O)=O)c1cccc(C)c1. The van der Waals surface area contributed by atoms with Crippen LogP contribution in [0, 0.1) is 6.92 Å². The van der Waals surface area contributed by atoms with Gasteiger partial charge in [-0.15, -0.1) is 0 Å². The van der Waals surface area contributed by atoms with E-state index in [9.17, 15) is 13.2 Å². The largest absolute Gasteiger partial charge is 0.313 e. The number of aryl methyl sites for hydroxylation is 1. The second-order valence-corrected chi connectivity index (χ2v) is 8.38. The highest BCUT2D eigenvalue weighted by Gasteiger charge is 2.21. The minimum atomic E-state index is -3.51. The lowest BCUT2D eigenvalue weighted by molar-refractivity contribution is -0.118. The van der Waals surface area contributed by atoms with Crippen molar-refractivity contribution in [3.05, 3.63) is 59.1 Å². The third-order valence-electron chi connectivity index (χ3n) is 3.97. The number of carbonyl (C=O) groups excluding carboxylic acids is 1. The first-order valence-electron chi connectivity index (χ1n) is 8.32. The number of rotatable bonds is 7. The fraction of sp³-hybridized carbons (Fsp3) is 0.316. The second kappa shape index (κ2) is 8.56. The molecule has 0 atom stereocenters. The summed E-state index contributed by atoms with van der Waals surface area (Å²) in [6.07, 6.45) is 1.21. The van der Waals surface area contributed by atoms with Crippen molar-refractivity contribution in [3.63, 3.8) is 0 Å². The van der Waals surface area contributed by atoms with Gasteiger partial charge in [0.15, 0.2) is 0 Å². The average molecular weight is 395 g/mol. The zero-order valence-corrected chi connectivity index (χ0v) is 16.7. The van der Waals surface area contributed by atoms with E-state index >= 15 is 0 Å². The van der Waals surface area contributed by atoms with E-state index in [2.05, 4.69) is 0 Å². The molecule has 0 unspecified atom stereocenters. The number of sulfonamides is 1. The second-order valence-electron chi connectivity index (χ2n) is 6.04. The molecule has 1 amide bonds. The van der Waals surface area contributed by atoms with Crippen molar-refractivity contribution in [2.45, 2.75) is 20.3 Å². The van der Waals surface area contributed by atoms with Gasteiger partial charge in [0, 0.05) is 30.2 Å². The van der Waals surface area contributed by atoms with Crippen molar-refractivity contribution in [1.82, 2.24) is 0 Å². The predicted octanol–water partition coefficient (Wildman–Crippen LogP) is 3.86. The number of benzene rings is 2. The number of anilines is 2. The third kappa shape index (κ3) is 5.22. The van der Waals surface area contributed by atoms with Crippen LogP contribution in [-0.2, 0) is 14.8 Å². The Morgan fingerprint density at radius 1 is 1.08 bits per heavy atom. The minimum absolute atomic E-state index is 0.0710. The normalized spacial score (nSPS) is 11.2. The first kappa shape index (κ1) is 20.3. The smallest absolute Gasteiger partial charge is 0.232 e. The van der Waals surface area contributed by atoms with Gasteiger partial charge >= 0.3 is 0 Å². The molecule has 7 heteroatoms. The lowest BCUT2D eigenvalue weighted by Gasteiger charge is -2.25. The van der Waals surface area contributed by atoms with Crippen molar-refractivity contribution in [1.29, 1.82) is 0 Å². The fourth-order valence-corrected chi connectivity index (χ4v) is 3.78. The summed E-state index contributed by atoms with van der Waals surface area (Å²) in [4.78, 5) is 14.3. The molecule has 5 nitrogen and oxygen atoms in total. The molecular weight excluding hydrogens is 372 g/mol. The number of amides is 1. The molecule has 140 valence electrons. The van der Waals surface area contributed by atoms with Gasteiger partial charge in [-0.1, -0.05) is 23.7 Å². The van der Waals surface area contributed by atoms with E-state index in [1.165, 1.54) is 4.31 Å². The van der Waals surface area contributed by atoms with Crippen LogP contribution in [0.5, 0.6) is 0 Å². The summed E-state index contributed by atoms with van der Waals surface area (Å²) >= 11 is 5.87. The van der Waals surface area contributed by atoms with Gasteiger partial charge in [-0.2, -0.15) is 0 Å². The number of carbonyl (C=O) groups is 1. The Hall–Kier alpha value is -2.05. The van der Waals surface area contributed by atoms with Crippen LogP contribution in [0.3, 0.4) is 0 Å². The molecule has 0 radical (unpaired) electrons. The highest BCUT2D eigenvalue weighted by molar-refractivity contribution is 7.92. The molecule has 0 saturated heterocycles. The van der Waals surface area contributed by atoms with Crippen LogP contribution in [-0.4, -0.2) is 33.7 Å². The maximum Gasteiger partial charge on any atom is 0.232 e. The summed E-state index contributed by atoms with van der Waals surface area (Å²) in [6, 6.07) is 14.2. The topological polar surface area (TPSA) is 57.7 Å². The molecule has 0 spiro atoms. The Morgan fingerprint density at radius 2 is 1.73 bits per heavy atom. The van der Waals surface area contributed by atoms with E-state index in [0.717, 1.165) is 17.5 Å². The van der Waals surface area contributed by atoms with Gasteiger partial charge in [0.1, 0.15) is 0 Å². The molecule has 0 saturated carbocycles. The third-order valence-corrected chi connectivity index (χ3v) is 5.42. The van der Waals surface area contributed by atoms with Gasteiger partial charge in [-0.25, -0.2) is 8.42 Å². The van der Waals surface area contributed by atoms with Crippen LogP contribution < -0.4 is 9.21 Å². The lowest BCUT2D eigenvalue weighted by atomic mass is 10.2. The number of hydrogen-bond acceptors (Lipinski definition) is 3. The van der Waals surface area contributed by atoms with Gasteiger partial charge in [0.05, 0.1) is 11.9 Å². The van der Waals surface area contributed by atoms with Crippen LogP contribution in [0.15, 0.2) is 48.5 Å². The maximum absolute atomic E-state index is 12.7. The summed E-state index contributed by atoms with van der Waals surface area (Å²) in [6.45, 7) is 4.45. The molecule has 0 aliphatic carbocycles. The summed E-state index contributed by atoms with van der Waals surface area (Å²) in [5.41, 5.74) is 2.37. The van der Waals surface area contributed by atoms with Crippen molar-refractivity contribution >= 4 is 38.9 Å². The number of nitrogens with zero attached hydrogens (tertiary/aromatic N) is 2. The van der Waals surface area contributed by atoms with E-state index in [0.29, 0.717) is 17.3 Å². The monoisotopic (exact) mass is 394 g/mol. The Bertz CT molecular complexity index is 867. The zero-order valence-electron chi connectivity index (χ0n) is 15.1. The van der Waals surface area contributed by atoms with Crippen molar-refractivity contribution in [3.8, 4) is 0 Å². The van der Waals surface area contributed by atoms with Crippen molar-refractivity contribution in [2.75, 3.05) is 28.6 Å². The highest BCUT2D eigenvalue weighted by atomic mass is 35.5. The quantitative estimate of drug-likeness (QED) is 0.716. The molecular formula is C19H23ClN2O3S. The Morgan fingerprint density at radius 3 is 2.27 bits per heavy atom. The molecule has 26 heavy (non-hydrogen) atoms. The Labute approximate surface area is 160 Å². The first-order valence-corrected chi connectivity index (χ1v) is 10.6. The highest BCUT2D eigenvalue weighted by Crippen LogP contribution is 2.22. The molecule has 0 fully saturated rings. The van der Waals surface area contributed by atoms with Crippen molar-refractivity contribution in [2.24, 2.45) is 0 Å². The molecule has 0 bridgehead atoms. The van der Waals surface area contributed by atoms with Crippen LogP contribution >= 0.6 is 11.6 Å². The van der Waals surface area contributed by atoms with E-state index in [1.54, 1.807) is 29.2 Å². The minimum Gasteiger partial charge on any atom is -0.313 e. The summed E-state index contributed by atoms with van der Waals surface area (Å²) in [5.74, 6) is -0.124. The van der Waals surface area contributed by atoms with E-state index in [1.807, 2.05) is 38.1 Å². The van der Waals surface area contributed by atoms with Gasteiger partial charge in [0.2, 0.25) is 15.9 Å². The molecule has 2 aromatic carbocycles. The summed E-state index contributed by atoms with van der Waals surface area (Å²) in [7, 11) is -3.51. The predicted molar refractivity (Wildman–Crippen MR) is 107 cm³/mol. The lowest BCUT2D eigenvalue weighted by Crippen LogP contribution is -2.37. The summed E-state index contributed by atoms with van der Waals surface area (Å²) in [5, 5.41) is 0.523. The Balaban J connectivity index is 2.17. The van der Waals surface area contributed by atoms with Crippen LogP contribution in [0.25, 0.3) is 0 Å². The standard InChI is InChI=1S/C19H23ClN2O3S/c1-4-21(18-7-5-6-15(2)14-18)19(23)12-13-22(26(3,24)25)17-10-8-16(20)9-11-17/h5-11,14H,4,12-13H2,1-3H3. The molecule has 0 aliphatic rings. The van der Waals surface area contributed by atoms with Gasteiger partial charge < -0.3 is 4.90 Å². The van der Waals surface area contributed by atoms with Gasteiger partial charge in [-0.05, 0) is 55.8 Å². The summed E-state index contributed by atoms with van der Waals surface area (Å²) < 4.78 is 25.5. The average Bonchev–Trinajstić information content (AvgIpc) is 2.56. The van der Waals surface area contributed by atoms with Gasteiger partial charge in [0.25, 0.3) is 0 Å².